The van der Waals surface area contributed by atoms with E-state index >= 15 is 0 Å². The molecule has 0 radical (unpaired) electrons. The Morgan fingerprint density at radius 3 is 2.33 bits per heavy atom. The number of hydrogen-bond donors (Lipinski definition) is 0. The van der Waals surface area contributed by atoms with Gasteiger partial charge in [0.15, 0.2) is 0 Å². The normalized spacial score (nSPS) is 21.9. The largest absolute Gasteiger partial charge is 0.492 e. The van der Waals surface area contributed by atoms with Crippen LogP contribution >= 0.6 is 11.6 Å². The highest BCUT2D eigenvalue weighted by molar-refractivity contribution is 6.30. The van der Waals surface area contributed by atoms with E-state index in [1.165, 1.54) is 4.90 Å². The Labute approximate surface area is 164 Å². The smallest absolute Gasteiger partial charge is 0.233 e. The van der Waals surface area contributed by atoms with Crippen molar-refractivity contribution in [3.8, 4) is 5.75 Å². The molecule has 1 saturated heterocycles. The summed E-state index contributed by atoms with van der Waals surface area (Å²) in [5, 5.41) is 0.639. The van der Waals surface area contributed by atoms with E-state index in [1.54, 1.807) is 36.2 Å². The molecule has 1 aliphatic heterocycles. The molecule has 1 saturated carbocycles. The van der Waals surface area contributed by atoms with Gasteiger partial charge >= 0.3 is 0 Å². The van der Waals surface area contributed by atoms with Gasteiger partial charge in [-0.1, -0.05) is 24.4 Å². The number of imide groups is 1. The third kappa shape index (κ3) is 4.61. The molecule has 1 heterocycles. The minimum absolute atomic E-state index is 0.0915. The van der Waals surface area contributed by atoms with Gasteiger partial charge in [-0.15, -0.1) is 0 Å². The number of ether oxygens (including phenoxy) is 1. The summed E-state index contributed by atoms with van der Waals surface area (Å²) in [5.74, 6) is 0.0810. The lowest BCUT2D eigenvalue weighted by Gasteiger charge is -2.20. The second-order valence-corrected chi connectivity index (χ2v) is 7.63. The molecule has 27 heavy (non-hydrogen) atoms. The van der Waals surface area contributed by atoms with Crippen molar-refractivity contribution >= 4 is 29.3 Å². The third-order valence-corrected chi connectivity index (χ3v) is 5.67. The molecule has 7 heteroatoms. The van der Waals surface area contributed by atoms with Gasteiger partial charge in [0.25, 0.3) is 0 Å². The quantitative estimate of drug-likeness (QED) is 0.669. The lowest BCUT2D eigenvalue weighted by atomic mass is 9.81. The summed E-state index contributed by atoms with van der Waals surface area (Å²) in [6.45, 7) is 0.954. The Hall–Kier alpha value is -2.08. The van der Waals surface area contributed by atoms with Crippen LogP contribution in [-0.2, 0) is 14.4 Å². The Morgan fingerprint density at radius 1 is 1.15 bits per heavy atom. The van der Waals surface area contributed by atoms with E-state index < -0.39 is 0 Å². The number of nitrogens with zero attached hydrogens (tertiary/aromatic N) is 2. The van der Waals surface area contributed by atoms with Crippen molar-refractivity contribution in [3.63, 3.8) is 0 Å². The average molecular weight is 393 g/mol. The Balaban J connectivity index is 1.42. The van der Waals surface area contributed by atoms with Crippen LogP contribution in [0.4, 0.5) is 0 Å². The van der Waals surface area contributed by atoms with Gasteiger partial charge in [-0.05, 0) is 37.1 Å². The van der Waals surface area contributed by atoms with E-state index in [0.29, 0.717) is 23.9 Å². The van der Waals surface area contributed by atoms with E-state index in [-0.39, 0.29) is 42.5 Å². The van der Waals surface area contributed by atoms with Crippen LogP contribution in [0.15, 0.2) is 24.3 Å². The summed E-state index contributed by atoms with van der Waals surface area (Å²) in [4.78, 5) is 40.1. The SMILES string of the molecule is CN(CCOc1ccc(Cl)cc1)C(=O)CCN1C(=O)[C@H]2CCCC[C@@H]2C1=O. The van der Waals surface area contributed by atoms with Gasteiger partial charge in [0.1, 0.15) is 12.4 Å². The number of halogens is 1. The number of carbonyl (C=O) groups excluding carboxylic acids is 3. The molecule has 0 N–H and O–H groups in total. The molecule has 146 valence electrons. The van der Waals surface area contributed by atoms with Crippen LogP contribution in [0.5, 0.6) is 5.75 Å². The number of amides is 3. The standard InChI is InChI=1S/C20H25ClN2O4/c1-22(12-13-27-15-8-6-14(21)7-9-15)18(24)10-11-23-19(25)16-4-2-3-5-17(16)20(23)26/h6-9,16-17H,2-5,10-13H2,1H3/t16-,17-/m0/s1. The Kier molecular flexibility index (Phi) is 6.37. The van der Waals surface area contributed by atoms with Crippen LogP contribution in [0.25, 0.3) is 0 Å². The van der Waals surface area contributed by atoms with E-state index in [2.05, 4.69) is 0 Å². The van der Waals surface area contributed by atoms with Gasteiger partial charge in [0.05, 0.1) is 18.4 Å². The minimum Gasteiger partial charge on any atom is -0.492 e. The third-order valence-electron chi connectivity index (χ3n) is 5.42. The molecule has 2 fully saturated rings. The van der Waals surface area contributed by atoms with E-state index in [0.717, 1.165) is 25.7 Å². The molecule has 3 rings (SSSR count). The van der Waals surface area contributed by atoms with Crippen LogP contribution in [0, 0.1) is 11.8 Å². The number of likely N-dealkylation sites (N-methyl/N-ethyl adjacent to an activating group) is 1. The van der Waals surface area contributed by atoms with Crippen molar-refractivity contribution in [1.29, 1.82) is 0 Å². The Morgan fingerprint density at radius 2 is 1.74 bits per heavy atom. The van der Waals surface area contributed by atoms with Gasteiger partial charge in [-0.25, -0.2) is 0 Å². The summed E-state index contributed by atoms with van der Waals surface area (Å²) in [7, 11) is 1.70. The predicted octanol–water partition coefficient (Wildman–Crippen LogP) is 2.74. The summed E-state index contributed by atoms with van der Waals surface area (Å²) in [5.41, 5.74) is 0. The molecule has 6 nitrogen and oxygen atoms in total. The molecule has 3 amide bonds. The number of hydrogen-bond acceptors (Lipinski definition) is 4. The first kappa shape index (κ1) is 19.7. The topological polar surface area (TPSA) is 66.9 Å². The average Bonchev–Trinajstić information content (AvgIpc) is 2.92. The minimum atomic E-state index is -0.160. The van der Waals surface area contributed by atoms with Crippen molar-refractivity contribution in [2.45, 2.75) is 32.1 Å². The fourth-order valence-electron chi connectivity index (χ4n) is 3.81. The number of likely N-dealkylation sites (tertiary alicyclic amines) is 1. The van der Waals surface area contributed by atoms with Gasteiger partial charge in [-0.3, -0.25) is 19.3 Å². The number of carbonyl (C=O) groups is 3. The monoisotopic (exact) mass is 392 g/mol. The first-order valence-corrected chi connectivity index (χ1v) is 9.82. The molecular formula is C20H25ClN2O4. The van der Waals surface area contributed by atoms with Crippen LogP contribution < -0.4 is 4.74 Å². The molecule has 1 aliphatic carbocycles. The van der Waals surface area contributed by atoms with Crippen molar-refractivity contribution < 1.29 is 19.1 Å². The van der Waals surface area contributed by atoms with Crippen molar-refractivity contribution in [2.24, 2.45) is 11.8 Å². The second kappa shape index (κ2) is 8.74. The predicted molar refractivity (Wildman–Crippen MR) is 101 cm³/mol. The van der Waals surface area contributed by atoms with Gasteiger partial charge in [0, 0.05) is 25.0 Å². The maximum atomic E-state index is 12.4. The lowest BCUT2D eigenvalue weighted by Crippen LogP contribution is -2.37. The van der Waals surface area contributed by atoms with Crippen LogP contribution in [-0.4, -0.2) is 54.3 Å². The molecule has 0 spiro atoms. The van der Waals surface area contributed by atoms with Crippen LogP contribution in [0.2, 0.25) is 5.02 Å². The highest BCUT2D eigenvalue weighted by Crippen LogP contribution is 2.37. The summed E-state index contributed by atoms with van der Waals surface area (Å²) < 4.78 is 5.59. The molecule has 0 bridgehead atoms. The first-order valence-electron chi connectivity index (χ1n) is 9.45. The summed E-state index contributed by atoms with van der Waals surface area (Å²) >= 11 is 5.83. The van der Waals surface area contributed by atoms with Crippen LogP contribution in [0.1, 0.15) is 32.1 Å². The van der Waals surface area contributed by atoms with E-state index in [9.17, 15) is 14.4 Å². The summed E-state index contributed by atoms with van der Waals surface area (Å²) in [6, 6.07) is 7.03. The Bertz CT molecular complexity index is 682. The van der Waals surface area contributed by atoms with Crippen LogP contribution in [0.3, 0.4) is 0 Å². The van der Waals surface area contributed by atoms with Gasteiger partial charge < -0.3 is 9.64 Å². The maximum Gasteiger partial charge on any atom is 0.233 e. The van der Waals surface area contributed by atoms with Crippen molar-refractivity contribution in [3.05, 3.63) is 29.3 Å². The second-order valence-electron chi connectivity index (χ2n) is 7.19. The zero-order valence-electron chi connectivity index (χ0n) is 15.5. The van der Waals surface area contributed by atoms with Gasteiger partial charge in [-0.2, -0.15) is 0 Å². The zero-order valence-corrected chi connectivity index (χ0v) is 16.3. The molecule has 2 aliphatic rings. The highest BCUT2D eigenvalue weighted by atomic mass is 35.5. The van der Waals surface area contributed by atoms with E-state index in [4.69, 9.17) is 16.3 Å². The zero-order chi connectivity index (χ0) is 19.4. The number of benzene rings is 1. The number of rotatable bonds is 7. The molecule has 0 unspecified atom stereocenters. The molecular weight excluding hydrogens is 368 g/mol. The first-order chi connectivity index (χ1) is 13.0. The van der Waals surface area contributed by atoms with Crippen molar-refractivity contribution in [2.75, 3.05) is 26.7 Å². The van der Waals surface area contributed by atoms with E-state index in [1.807, 2.05) is 0 Å². The molecule has 1 aromatic rings. The lowest BCUT2D eigenvalue weighted by molar-refractivity contribution is -0.140. The van der Waals surface area contributed by atoms with Crippen molar-refractivity contribution in [1.82, 2.24) is 9.80 Å². The molecule has 0 aromatic heterocycles. The summed E-state index contributed by atoms with van der Waals surface area (Å²) in [6.07, 6.45) is 3.74. The van der Waals surface area contributed by atoms with Gasteiger partial charge in [0.2, 0.25) is 17.7 Å². The highest BCUT2D eigenvalue weighted by Gasteiger charge is 2.47. The fourth-order valence-corrected chi connectivity index (χ4v) is 3.93. The number of fused-ring (bicyclic) bond motifs is 1. The maximum absolute atomic E-state index is 12.4. The molecule has 2 atom stereocenters. The molecule has 1 aromatic carbocycles. The fraction of sp³-hybridized carbons (Fsp3) is 0.550.